The quantitative estimate of drug-likeness (QED) is 0.493. The molecule has 4 unspecified atom stereocenters. The summed E-state index contributed by atoms with van der Waals surface area (Å²) in [6.45, 7) is 0.509. The Kier molecular flexibility index (Phi) is 6.16. The van der Waals surface area contributed by atoms with Crippen LogP contribution in [0.25, 0.3) is 0 Å². The van der Waals surface area contributed by atoms with Gasteiger partial charge >= 0.3 is 0 Å². The number of carbonyl (C=O) groups is 1. The minimum Gasteiger partial charge on any atom is -0.508 e. The van der Waals surface area contributed by atoms with Gasteiger partial charge in [0.15, 0.2) is 0 Å². The van der Waals surface area contributed by atoms with Gasteiger partial charge in [-0.05, 0) is 60.0 Å². The number of fused-ring (bicyclic) bond motifs is 1. The highest BCUT2D eigenvalue weighted by molar-refractivity contribution is 6.30. The van der Waals surface area contributed by atoms with Gasteiger partial charge in [-0.3, -0.25) is 4.79 Å². The summed E-state index contributed by atoms with van der Waals surface area (Å²) in [7, 11) is 1.63. The minimum atomic E-state index is -0.510. The van der Waals surface area contributed by atoms with E-state index < -0.39 is 17.9 Å². The molecule has 2 aliphatic heterocycles. The van der Waals surface area contributed by atoms with Gasteiger partial charge in [-0.15, -0.1) is 0 Å². The Morgan fingerprint density at radius 1 is 1.03 bits per heavy atom. The summed E-state index contributed by atoms with van der Waals surface area (Å²) in [6.07, 6.45) is 0.669. The van der Waals surface area contributed by atoms with Crippen LogP contribution < -0.4 is 15.6 Å². The van der Waals surface area contributed by atoms with Crippen LogP contribution in [0.3, 0.4) is 0 Å². The maximum atomic E-state index is 14.1. The SMILES string of the molecule is COc1ccc(CCN2C(=O)C3NNC(c4cc(F)ccc4O)C3C2c2ccc(Cl)cc2)cc1. The lowest BCUT2D eigenvalue weighted by atomic mass is 9.83. The first-order valence-electron chi connectivity index (χ1n) is 11.1. The van der Waals surface area contributed by atoms with Crippen molar-refractivity contribution in [2.45, 2.75) is 24.5 Å². The van der Waals surface area contributed by atoms with E-state index in [2.05, 4.69) is 10.9 Å². The Labute approximate surface area is 202 Å². The molecule has 34 heavy (non-hydrogen) atoms. The second-order valence-corrected chi connectivity index (χ2v) is 9.09. The third-order valence-electron chi connectivity index (χ3n) is 6.75. The molecule has 2 heterocycles. The van der Waals surface area contributed by atoms with E-state index in [-0.39, 0.29) is 23.6 Å². The first-order valence-corrected chi connectivity index (χ1v) is 11.5. The number of benzene rings is 3. The van der Waals surface area contributed by atoms with Gasteiger partial charge in [-0.1, -0.05) is 35.9 Å². The fraction of sp³-hybridized carbons (Fsp3) is 0.269. The molecular formula is C26H25ClFN3O3. The van der Waals surface area contributed by atoms with Crippen molar-refractivity contribution in [3.63, 3.8) is 0 Å². The number of methoxy groups -OCH3 is 1. The summed E-state index contributed by atoms with van der Waals surface area (Å²) < 4.78 is 19.3. The largest absolute Gasteiger partial charge is 0.508 e. The van der Waals surface area contributed by atoms with Crippen molar-refractivity contribution >= 4 is 17.5 Å². The topological polar surface area (TPSA) is 73.8 Å². The number of nitrogens with zero attached hydrogens (tertiary/aromatic N) is 1. The maximum Gasteiger partial charge on any atom is 0.242 e. The maximum absolute atomic E-state index is 14.1. The van der Waals surface area contributed by atoms with Gasteiger partial charge in [0.1, 0.15) is 23.4 Å². The molecule has 0 radical (unpaired) electrons. The van der Waals surface area contributed by atoms with Crippen LogP contribution in [0, 0.1) is 11.7 Å². The Balaban J connectivity index is 1.49. The number of carbonyl (C=O) groups excluding carboxylic acids is 1. The lowest BCUT2D eigenvalue weighted by Gasteiger charge is -2.31. The van der Waals surface area contributed by atoms with Gasteiger partial charge in [-0.2, -0.15) is 0 Å². The van der Waals surface area contributed by atoms with Gasteiger partial charge in [0.25, 0.3) is 0 Å². The molecule has 0 spiro atoms. The third kappa shape index (κ3) is 4.11. The van der Waals surface area contributed by atoms with Gasteiger partial charge in [0.2, 0.25) is 5.91 Å². The normalized spacial score (nSPS) is 23.9. The van der Waals surface area contributed by atoms with Crippen molar-refractivity contribution in [2.24, 2.45) is 5.92 Å². The Hall–Kier alpha value is -3.13. The molecule has 4 atom stereocenters. The van der Waals surface area contributed by atoms with Gasteiger partial charge < -0.3 is 14.7 Å². The van der Waals surface area contributed by atoms with E-state index >= 15 is 0 Å². The zero-order valence-corrected chi connectivity index (χ0v) is 19.3. The number of phenols is 1. The smallest absolute Gasteiger partial charge is 0.242 e. The molecule has 3 N–H and O–H groups in total. The second kappa shape index (κ2) is 9.25. The first-order chi connectivity index (χ1) is 16.5. The van der Waals surface area contributed by atoms with E-state index in [1.807, 2.05) is 41.3 Å². The second-order valence-electron chi connectivity index (χ2n) is 8.65. The van der Waals surface area contributed by atoms with E-state index in [1.165, 1.54) is 18.2 Å². The minimum absolute atomic E-state index is 0.0136. The predicted octanol–water partition coefficient (Wildman–Crippen LogP) is 4.15. The molecule has 3 aromatic carbocycles. The summed E-state index contributed by atoms with van der Waals surface area (Å²) in [5.74, 6) is 0.0197. The molecule has 2 saturated heterocycles. The van der Waals surface area contributed by atoms with Crippen molar-refractivity contribution in [1.82, 2.24) is 15.8 Å². The summed E-state index contributed by atoms with van der Waals surface area (Å²) in [5.41, 5.74) is 8.67. The van der Waals surface area contributed by atoms with Crippen molar-refractivity contribution < 1.29 is 19.0 Å². The van der Waals surface area contributed by atoms with Crippen LogP contribution in [0.5, 0.6) is 11.5 Å². The summed E-state index contributed by atoms with van der Waals surface area (Å²) in [6, 6.07) is 17.9. The zero-order chi connectivity index (χ0) is 23.8. The van der Waals surface area contributed by atoms with Crippen LogP contribution in [0.4, 0.5) is 4.39 Å². The summed E-state index contributed by atoms with van der Waals surface area (Å²) >= 11 is 6.13. The predicted molar refractivity (Wildman–Crippen MR) is 127 cm³/mol. The third-order valence-corrected chi connectivity index (χ3v) is 7.00. The number of ether oxygens (including phenoxy) is 1. The number of halogens is 2. The molecule has 0 aliphatic carbocycles. The lowest BCUT2D eigenvalue weighted by molar-refractivity contribution is -0.130. The van der Waals surface area contributed by atoms with Crippen LogP contribution in [-0.2, 0) is 11.2 Å². The van der Waals surface area contributed by atoms with E-state index in [1.54, 1.807) is 19.2 Å². The van der Waals surface area contributed by atoms with E-state index in [0.29, 0.717) is 23.6 Å². The van der Waals surface area contributed by atoms with Crippen LogP contribution in [0.2, 0.25) is 5.02 Å². The number of amides is 1. The molecule has 2 fully saturated rings. The molecule has 0 aromatic heterocycles. The summed E-state index contributed by atoms with van der Waals surface area (Å²) in [4.78, 5) is 15.4. The average Bonchev–Trinajstić information content (AvgIpc) is 3.39. The summed E-state index contributed by atoms with van der Waals surface area (Å²) in [5, 5.41) is 11.1. The Morgan fingerprint density at radius 3 is 2.44 bits per heavy atom. The molecule has 5 rings (SSSR count). The molecule has 6 nitrogen and oxygen atoms in total. The zero-order valence-electron chi connectivity index (χ0n) is 18.5. The molecule has 0 bridgehead atoms. The van der Waals surface area contributed by atoms with Crippen LogP contribution in [-0.4, -0.2) is 35.6 Å². The van der Waals surface area contributed by atoms with Crippen LogP contribution in [0.1, 0.15) is 28.8 Å². The fourth-order valence-electron chi connectivity index (χ4n) is 5.09. The van der Waals surface area contributed by atoms with E-state index in [4.69, 9.17) is 16.3 Å². The number of hydrazine groups is 1. The lowest BCUT2D eigenvalue weighted by Crippen LogP contribution is -2.42. The highest BCUT2D eigenvalue weighted by atomic mass is 35.5. The average molecular weight is 482 g/mol. The van der Waals surface area contributed by atoms with Crippen molar-refractivity contribution in [3.05, 3.63) is 94.3 Å². The molecule has 2 aliphatic rings. The van der Waals surface area contributed by atoms with Crippen molar-refractivity contribution in [3.8, 4) is 11.5 Å². The Morgan fingerprint density at radius 2 is 1.74 bits per heavy atom. The van der Waals surface area contributed by atoms with Gasteiger partial charge in [-0.25, -0.2) is 15.2 Å². The van der Waals surface area contributed by atoms with Crippen LogP contribution in [0.15, 0.2) is 66.7 Å². The number of aromatic hydroxyl groups is 1. The first kappa shape index (κ1) is 22.7. The molecule has 3 aromatic rings. The number of phenolic OH excluding ortho intramolecular Hbond substituents is 1. The number of nitrogens with one attached hydrogen (secondary N) is 2. The molecule has 1 amide bonds. The molecule has 8 heteroatoms. The standard InChI is InChI=1S/C26H25ClFN3O3/c1-34-19-9-2-15(3-10-19)12-13-31-25(16-4-6-17(27)7-5-16)22-23(29-30-24(22)26(31)33)20-14-18(28)8-11-21(20)32/h2-11,14,22-25,29-30,32H,12-13H2,1H3. The molecule has 176 valence electrons. The van der Waals surface area contributed by atoms with Gasteiger partial charge in [0.05, 0.1) is 19.2 Å². The van der Waals surface area contributed by atoms with Crippen molar-refractivity contribution in [1.29, 1.82) is 0 Å². The number of hydrogen-bond acceptors (Lipinski definition) is 5. The molecular weight excluding hydrogens is 457 g/mol. The van der Waals surface area contributed by atoms with Gasteiger partial charge in [0, 0.05) is 23.0 Å². The number of rotatable bonds is 6. The monoisotopic (exact) mass is 481 g/mol. The number of hydrogen-bond donors (Lipinski definition) is 3. The highest BCUT2D eigenvalue weighted by Crippen LogP contribution is 2.48. The number of likely N-dealkylation sites (tertiary alicyclic amines) is 1. The fourth-order valence-corrected chi connectivity index (χ4v) is 5.22. The van der Waals surface area contributed by atoms with Crippen molar-refractivity contribution in [2.75, 3.05) is 13.7 Å². The Bertz CT molecular complexity index is 1190. The van der Waals surface area contributed by atoms with E-state index in [9.17, 15) is 14.3 Å². The van der Waals surface area contributed by atoms with E-state index in [0.717, 1.165) is 16.9 Å². The molecule has 0 saturated carbocycles. The highest BCUT2D eigenvalue weighted by Gasteiger charge is 2.55. The van der Waals surface area contributed by atoms with Crippen LogP contribution >= 0.6 is 11.6 Å².